The number of ether oxygens (including phenoxy) is 1. The molecular weight excluding hydrogens is 400 g/mol. The standard InChI is InChI=1S/C26H24N4O2/c1-32-26(31)30-16-19-9-11-20(12-10-19)25(23-8-2-3-15-29-23)24(21-6-4-13-27-17-21)22-7-5-14-28-18-22/h2-15,17-18,24-25H,16H2,1H3,(H,30,31). The van der Waals surface area contributed by atoms with Crippen molar-refractivity contribution in [1.29, 1.82) is 0 Å². The van der Waals surface area contributed by atoms with Crippen molar-refractivity contribution < 1.29 is 9.53 Å². The normalized spacial score (nSPS) is 11.7. The number of rotatable bonds is 7. The van der Waals surface area contributed by atoms with E-state index in [4.69, 9.17) is 4.98 Å². The summed E-state index contributed by atoms with van der Waals surface area (Å²) in [5.41, 5.74) is 5.24. The molecule has 0 saturated carbocycles. The molecule has 1 N–H and O–H groups in total. The summed E-state index contributed by atoms with van der Waals surface area (Å²) in [4.78, 5) is 24.8. The third kappa shape index (κ3) is 4.98. The highest BCUT2D eigenvalue weighted by atomic mass is 16.5. The maximum Gasteiger partial charge on any atom is 0.407 e. The van der Waals surface area contributed by atoms with Crippen molar-refractivity contribution in [3.05, 3.63) is 126 Å². The van der Waals surface area contributed by atoms with E-state index < -0.39 is 6.09 Å². The van der Waals surface area contributed by atoms with Gasteiger partial charge in [-0.15, -0.1) is 0 Å². The summed E-state index contributed by atoms with van der Waals surface area (Å²) in [5.74, 6) is -0.0708. The monoisotopic (exact) mass is 424 g/mol. The van der Waals surface area contributed by atoms with E-state index in [0.29, 0.717) is 6.54 Å². The van der Waals surface area contributed by atoms with Crippen LogP contribution >= 0.6 is 0 Å². The van der Waals surface area contributed by atoms with Gasteiger partial charge in [0, 0.05) is 55.1 Å². The summed E-state index contributed by atoms with van der Waals surface area (Å²) in [7, 11) is 1.35. The van der Waals surface area contributed by atoms with Crippen LogP contribution in [-0.4, -0.2) is 28.2 Å². The Bertz CT molecular complexity index is 1080. The zero-order valence-corrected chi connectivity index (χ0v) is 17.8. The average Bonchev–Trinajstić information content (AvgIpc) is 2.87. The van der Waals surface area contributed by atoms with Gasteiger partial charge in [-0.1, -0.05) is 42.5 Å². The number of carbonyl (C=O) groups excluding carboxylic acids is 1. The Kier molecular flexibility index (Phi) is 6.82. The van der Waals surface area contributed by atoms with Crippen LogP contribution < -0.4 is 5.32 Å². The Balaban J connectivity index is 1.77. The number of pyridine rings is 3. The predicted octanol–water partition coefficient (Wildman–Crippen LogP) is 4.69. The van der Waals surface area contributed by atoms with E-state index in [0.717, 1.165) is 27.9 Å². The lowest BCUT2D eigenvalue weighted by molar-refractivity contribution is 0.170. The molecule has 0 saturated heterocycles. The zero-order valence-electron chi connectivity index (χ0n) is 17.8. The quantitative estimate of drug-likeness (QED) is 0.466. The van der Waals surface area contributed by atoms with Gasteiger partial charge in [0.15, 0.2) is 0 Å². The van der Waals surface area contributed by atoms with Crippen LogP contribution in [0.25, 0.3) is 0 Å². The molecule has 0 aliphatic heterocycles. The Morgan fingerprint density at radius 3 is 2.03 bits per heavy atom. The van der Waals surface area contributed by atoms with E-state index >= 15 is 0 Å². The third-order valence-electron chi connectivity index (χ3n) is 5.39. The maximum absolute atomic E-state index is 11.4. The van der Waals surface area contributed by atoms with Gasteiger partial charge in [0.2, 0.25) is 0 Å². The molecule has 3 aromatic heterocycles. The zero-order chi connectivity index (χ0) is 22.2. The number of aromatic nitrogens is 3. The minimum absolute atomic E-state index is 0.0219. The highest BCUT2D eigenvalue weighted by Crippen LogP contribution is 2.41. The molecule has 0 bridgehead atoms. The van der Waals surface area contributed by atoms with Gasteiger partial charge in [-0.3, -0.25) is 15.0 Å². The van der Waals surface area contributed by atoms with E-state index in [9.17, 15) is 4.79 Å². The molecule has 1 amide bonds. The van der Waals surface area contributed by atoms with Gasteiger partial charge in [-0.05, 0) is 46.5 Å². The lowest BCUT2D eigenvalue weighted by Gasteiger charge is -2.28. The van der Waals surface area contributed by atoms with Crippen molar-refractivity contribution in [2.45, 2.75) is 18.4 Å². The first-order chi connectivity index (χ1) is 15.8. The van der Waals surface area contributed by atoms with Crippen molar-refractivity contribution in [3.63, 3.8) is 0 Å². The van der Waals surface area contributed by atoms with E-state index in [1.54, 1.807) is 12.4 Å². The summed E-state index contributed by atoms with van der Waals surface area (Å²) in [6.45, 7) is 0.399. The molecule has 4 rings (SSSR count). The van der Waals surface area contributed by atoms with Crippen LogP contribution in [0, 0.1) is 0 Å². The number of nitrogens with one attached hydrogen (secondary N) is 1. The number of benzene rings is 1. The molecule has 1 unspecified atom stereocenters. The van der Waals surface area contributed by atoms with E-state index in [2.05, 4.69) is 50.4 Å². The van der Waals surface area contributed by atoms with Crippen LogP contribution in [0.15, 0.2) is 97.7 Å². The number of hydrogen-bond acceptors (Lipinski definition) is 5. The second-order valence-corrected chi connectivity index (χ2v) is 7.37. The molecular formula is C26H24N4O2. The van der Waals surface area contributed by atoms with Crippen molar-refractivity contribution in [1.82, 2.24) is 20.3 Å². The molecule has 1 atom stereocenters. The first-order valence-electron chi connectivity index (χ1n) is 10.4. The third-order valence-corrected chi connectivity index (χ3v) is 5.39. The second kappa shape index (κ2) is 10.3. The minimum atomic E-state index is -0.450. The van der Waals surface area contributed by atoms with E-state index in [1.165, 1.54) is 7.11 Å². The van der Waals surface area contributed by atoms with Crippen LogP contribution in [0.5, 0.6) is 0 Å². The van der Waals surface area contributed by atoms with Gasteiger partial charge >= 0.3 is 6.09 Å². The van der Waals surface area contributed by atoms with Gasteiger partial charge in [0.05, 0.1) is 7.11 Å². The Hall–Kier alpha value is -4.06. The largest absolute Gasteiger partial charge is 0.453 e. The summed E-state index contributed by atoms with van der Waals surface area (Å²) < 4.78 is 4.65. The molecule has 6 nitrogen and oxygen atoms in total. The molecule has 32 heavy (non-hydrogen) atoms. The SMILES string of the molecule is COC(=O)NCc1ccc(C(c2ccccn2)C(c2cccnc2)c2cccnc2)cc1. The predicted molar refractivity (Wildman–Crippen MR) is 122 cm³/mol. The van der Waals surface area contributed by atoms with Gasteiger partial charge < -0.3 is 10.1 Å². The van der Waals surface area contributed by atoms with Crippen molar-refractivity contribution in [3.8, 4) is 0 Å². The van der Waals surface area contributed by atoms with E-state index in [-0.39, 0.29) is 11.8 Å². The number of nitrogens with zero attached hydrogens (tertiary/aromatic N) is 3. The molecule has 4 aromatic rings. The molecule has 6 heteroatoms. The van der Waals surface area contributed by atoms with Crippen molar-refractivity contribution in [2.75, 3.05) is 7.11 Å². The fourth-order valence-corrected chi connectivity index (χ4v) is 3.88. The molecule has 0 aliphatic carbocycles. The fraction of sp³-hybridized carbons (Fsp3) is 0.154. The van der Waals surface area contributed by atoms with Gasteiger partial charge in [0.1, 0.15) is 0 Å². The number of hydrogen-bond donors (Lipinski definition) is 1. The lowest BCUT2D eigenvalue weighted by atomic mass is 9.76. The Morgan fingerprint density at radius 2 is 1.50 bits per heavy atom. The lowest BCUT2D eigenvalue weighted by Crippen LogP contribution is -2.22. The maximum atomic E-state index is 11.4. The van der Waals surface area contributed by atoms with Crippen LogP contribution in [0.3, 0.4) is 0 Å². The second-order valence-electron chi connectivity index (χ2n) is 7.37. The summed E-state index contributed by atoms with van der Waals surface area (Å²) in [6.07, 6.45) is 8.74. The summed E-state index contributed by atoms with van der Waals surface area (Å²) >= 11 is 0. The molecule has 0 aliphatic rings. The highest BCUT2D eigenvalue weighted by molar-refractivity contribution is 5.66. The Labute approximate surface area is 187 Å². The molecule has 0 radical (unpaired) electrons. The number of amides is 1. The minimum Gasteiger partial charge on any atom is -0.453 e. The summed E-state index contributed by atoms with van der Waals surface area (Å²) in [5, 5.41) is 2.71. The molecule has 160 valence electrons. The first-order valence-corrected chi connectivity index (χ1v) is 10.4. The molecule has 1 aromatic carbocycles. The van der Waals surface area contributed by atoms with Gasteiger partial charge in [-0.25, -0.2) is 4.79 Å². The van der Waals surface area contributed by atoms with Crippen LogP contribution in [-0.2, 0) is 11.3 Å². The number of carbonyl (C=O) groups is 1. The van der Waals surface area contributed by atoms with Crippen molar-refractivity contribution >= 4 is 6.09 Å². The number of methoxy groups -OCH3 is 1. The molecule has 0 spiro atoms. The average molecular weight is 425 g/mol. The topological polar surface area (TPSA) is 77.0 Å². The van der Waals surface area contributed by atoms with Crippen LogP contribution in [0.4, 0.5) is 4.79 Å². The smallest absolute Gasteiger partial charge is 0.407 e. The highest BCUT2D eigenvalue weighted by Gasteiger charge is 2.29. The van der Waals surface area contributed by atoms with E-state index in [1.807, 2.05) is 55.0 Å². The summed E-state index contributed by atoms with van der Waals surface area (Å²) in [6, 6.07) is 22.3. The van der Waals surface area contributed by atoms with Gasteiger partial charge in [-0.2, -0.15) is 0 Å². The Morgan fingerprint density at radius 1 is 0.812 bits per heavy atom. The molecule has 0 fully saturated rings. The van der Waals surface area contributed by atoms with Crippen LogP contribution in [0.1, 0.15) is 39.8 Å². The first kappa shape index (κ1) is 21.2. The number of alkyl carbamates (subject to hydrolysis) is 1. The fourth-order valence-electron chi connectivity index (χ4n) is 3.88. The molecule has 3 heterocycles. The van der Waals surface area contributed by atoms with Gasteiger partial charge in [0.25, 0.3) is 0 Å². The van der Waals surface area contributed by atoms with Crippen LogP contribution in [0.2, 0.25) is 0 Å². The van der Waals surface area contributed by atoms with Crippen molar-refractivity contribution in [2.24, 2.45) is 0 Å².